The van der Waals surface area contributed by atoms with Crippen LogP contribution in [0.3, 0.4) is 0 Å². The SMILES string of the molecule is O=S(=O)(CCn1cccn1)NCc1cccc(F)c1. The molecule has 1 aromatic carbocycles. The predicted molar refractivity (Wildman–Crippen MR) is 69.3 cm³/mol. The van der Waals surface area contributed by atoms with Crippen molar-refractivity contribution < 1.29 is 12.8 Å². The van der Waals surface area contributed by atoms with Crippen LogP contribution < -0.4 is 4.72 Å². The molecule has 2 aromatic rings. The topological polar surface area (TPSA) is 64.0 Å². The number of rotatable bonds is 6. The lowest BCUT2D eigenvalue weighted by Crippen LogP contribution is -2.28. The van der Waals surface area contributed by atoms with Gasteiger partial charge >= 0.3 is 0 Å². The van der Waals surface area contributed by atoms with Gasteiger partial charge < -0.3 is 0 Å². The molecular formula is C12H14FN3O2S. The van der Waals surface area contributed by atoms with Crippen LogP contribution in [0.2, 0.25) is 0 Å². The number of nitrogens with one attached hydrogen (secondary N) is 1. The Morgan fingerprint density at radius 3 is 2.84 bits per heavy atom. The number of aryl methyl sites for hydroxylation is 1. The lowest BCUT2D eigenvalue weighted by molar-refractivity contribution is 0.566. The molecular weight excluding hydrogens is 269 g/mol. The first-order valence-corrected chi connectivity index (χ1v) is 7.40. The van der Waals surface area contributed by atoms with Crippen molar-refractivity contribution >= 4 is 10.0 Å². The summed E-state index contributed by atoms with van der Waals surface area (Å²) in [6, 6.07) is 7.56. The maximum absolute atomic E-state index is 12.9. The van der Waals surface area contributed by atoms with Gasteiger partial charge in [-0.05, 0) is 23.8 Å². The molecule has 19 heavy (non-hydrogen) atoms. The van der Waals surface area contributed by atoms with Gasteiger partial charge in [0.2, 0.25) is 10.0 Å². The van der Waals surface area contributed by atoms with Gasteiger partial charge in [0.25, 0.3) is 0 Å². The Morgan fingerprint density at radius 1 is 1.32 bits per heavy atom. The van der Waals surface area contributed by atoms with E-state index >= 15 is 0 Å². The minimum absolute atomic E-state index is 0.0655. The van der Waals surface area contributed by atoms with Crippen molar-refractivity contribution in [1.82, 2.24) is 14.5 Å². The second kappa shape index (κ2) is 5.94. The molecule has 0 spiro atoms. The van der Waals surface area contributed by atoms with E-state index in [-0.39, 0.29) is 24.7 Å². The summed E-state index contributed by atoms with van der Waals surface area (Å²) in [4.78, 5) is 0. The molecule has 102 valence electrons. The van der Waals surface area contributed by atoms with Crippen molar-refractivity contribution in [2.75, 3.05) is 5.75 Å². The van der Waals surface area contributed by atoms with Crippen LogP contribution in [-0.2, 0) is 23.1 Å². The zero-order valence-electron chi connectivity index (χ0n) is 10.2. The van der Waals surface area contributed by atoms with Crippen LogP contribution in [-0.4, -0.2) is 24.0 Å². The van der Waals surface area contributed by atoms with Gasteiger partial charge in [0.15, 0.2) is 0 Å². The molecule has 1 N–H and O–H groups in total. The molecule has 0 aliphatic heterocycles. The first kappa shape index (κ1) is 13.7. The zero-order valence-corrected chi connectivity index (χ0v) is 11.0. The molecule has 1 heterocycles. The van der Waals surface area contributed by atoms with Crippen LogP contribution in [0.4, 0.5) is 4.39 Å². The smallest absolute Gasteiger partial charge is 0.213 e. The quantitative estimate of drug-likeness (QED) is 0.864. The van der Waals surface area contributed by atoms with Crippen LogP contribution in [0.15, 0.2) is 42.7 Å². The number of nitrogens with zero attached hydrogens (tertiary/aromatic N) is 2. The molecule has 0 radical (unpaired) electrons. The summed E-state index contributed by atoms with van der Waals surface area (Å²) in [5.41, 5.74) is 0.586. The first-order valence-electron chi connectivity index (χ1n) is 5.74. The Hall–Kier alpha value is -1.73. The number of benzene rings is 1. The first-order chi connectivity index (χ1) is 9.05. The zero-order chi connectivity index (χ0) is 13.7. The Labute approximate surface area is 111 Å². The summed E-state index contributed by atoms with van der Waals surface area (Å²) in [6.07, 6.45) is 3.29. The second-order valence-electron chi connectivity index (χ2n) is 4.04. The summed E-state index contributed by atoms with van der Waals surface area (Å²) in [5.74, 6) is -0.447. The maximum atomic E-state index is 12.9. The third-order valence-electron chi connectivity index (χ3n) is 2.53. The van der Waals surface area contributed by atoms with Crippen LogP contribution in [0.25, 0.3) is 0 Å². The molecule has 5 nitrogen and oxygen atoms in total. The summed E-state index contributed by atoms with van der Waals surface area (Å²) in [6.45, 7) is 0.366. The Kier molecular flexibility index (Phi) is 4.28. The lowest BCUT2D eigenvalue weighted by atomic mass is 10.2. The minimum Gasteiger partial charge on any atom is -0.272 e. The van der Waals surface area contributed by atoms with E-state index in [0.717, 1.165) is 0 Å². The van der Waals surface area contributed by atoms with Crippen molar-refractivity contribution in [2.45, 2.75) is 13.1 Å². The van der Waals surface area contributed by atoms with Crippen LogP contribution >= 0.6 is 0 Å². The maximum Gasteiger partial charge on any atom is 0.213 e. The van der Waals surface area contributed by atoms with Crippen molar-refractivity contribution in [3.8, 4) is 0 Å². The van der Waals surface area contributed by atoms with Crippen LogP contribution in [0.5, 0.6) is 0 Å². The van der Waals surface area contributed by atoms with Crippen LogP contribution in [0.1, 0.15) is 5.56 Å². The van der Waals surface area contributed by atoms with E-state index in [0.29, 0.717) is 5.56 Å². The van der Waals surface area contributed by atoms with Crippen molar-refractivity contribution in [2.24, 2.45) is 0 Å². The standard InChI is InChI=1S/C12H14FN3O2S/c13-12-4-1-3-11(9-12)10-15-19(17,18)8-7-16-6-2-5-14-16/h1-6,9,15H,7-8,10H2. The number of hydrogen-bond donors (Lipinski definition) is 1. The Morgan fingerprint density at radius 2 is 2.16 bits per heavy atom. The third kappa shape index (κ3) is 4.46. The highest BCUT2D eigenvalue weighted by molar-refractivity contribution is 7.89. The number of halogens is 1. The van der Waals surface area contributed by atoms with E-state index in [9.17, 15) is 12.8 Å². The van der Waals surface area contributed by atoms with Gasteiger partial charge in [-0.1, -0.05) is 12.1 Å². The van der Waals surface area contributed by atoms with E-state index in [1.54, 1.807) is 35.3 Å². The van der Waals surface area contributed by atoms with Gasteiger partial charge in [0.05, 0.1) is 12.3 Å². The molecule has 0 saturated heterocycles. The summed E-state index contributed by atoms with van der Waals surface area (Å²) < 4.78 is 40.4. The normalized spacial score (nSPS) is 11.6. The van der Waals surface area contributed by atoms with Gasteiger partial charge in [-0.25, -0.2) is 17.5 Å². The van der Waals surface area contributed by atoms with Gasteiger partial charge in [-0.3, -0.25) is 4.68 Å². The Bertz CT molecular complexity index is 626. The molecule has 2 rings (SSSR count). The molecule has 0 atom stereocenters. The van der Waals surface area contributed by atoms with Crippen molar-refractivity contribution in [3.05, 3.63) is 54.1 Å². The number of sulfonamides is 1. The average Bonchev–Trinajstić information content (AvgIpc) is 2.88. The largest absolute Gasteiger partial charge is 0.272 e. The fourth-order valence-corrected chi connectivity index (χ4v) is 2.52. The van der Waals surface area contributed by atoms with E-state index < -0.39 is 10.0 Å². The van der Waals surface area contributed by atoms with E-state index in [1.807, 2.05) is 0 Å². The van der Waals surface area contributed by atoms with Gasteiger partial charge in [0.1, 0.15) is 5.82 Å². The molecule has 0 unspecified atom stereocenters. The number of aromatic nitrogens is 2. The summed E-state index contributed by atoms with van der Waals surface area (Å²) in [7, 11) is -3.40. The fourth-order valence-electron chi connectivity index (χ4n) is 1.56. The van der Waals surface area contributed by atoms with E-state index in [2.05, 4.69) is 9.82 Å². The van der Waals surface area contributed by atoms with E-state index in [1.165, 1.54) is 12.1 Å². The highest BCUT2D eigenvalue weighted by Gasteiger charge is 2.10. The third-order valence-corrected chi connectivity index (χ3v) is 3.84. The fraction of sp³-hybridized carbons (Fsp3) is 0.250. The molecule has 0 bridgehead atoms. The second-order valence-corrected chi connectivity index (χ2v) is 5.97. The predicted octanol–water partition coefficient (Wildman–Crippen LogP) is 1.14. The average molecular weight is 283 g/mol. The molecule has 0 fully saturated rings. The molecule has 0 aliphatic rings. The monoisotopic (exact) mass is 283 g/mol. The molecule has 7 heteroatoms. The van der Waals surface area contributed by atoms with E-state index in [4.69, 9.17) is 0 Å². The van der Waals surface area contributed by atoms with Crippen molar-refractivity contribution in [3.63, 3.8) is 0 Å². The minimum atomic E-state index is -3.40. The van der Waals surface area contributed by atoms with Crippen LogP contribution in [0, 0.1) is 5.82 Å². The molecule has 0 amide bonds. The highest BCUT2D eigenvalue weighted by atomic mass is 32.2. The molecule has 0 saturated carbocycles. The molecule has 1 aromatic heterocycles. The van der Waals surface area contributed by atoms with Gasteiger partial charge in [0, 0.05) is 18.9 Å². The number of hydrogen-bond acceptors (Lipinski definition) is 3. The lowest BCUT2D eigenvalue weighted by Gasteiger charge is -2.07. The van der Waals surface area contributed by atoms with Crippen molar-refractivity contribution in [1.29, 1.82) is 0 Å². The summed E-state index contributed by atoms with van der Waals surface area (Å²) >= 11 is 0. The van der Waals surface area contributed by atoms with Gasteiger partial charge in [-0.2, -0.15) is 5.10 Å². The van der Waals surface area contributed by atoms with Gasteiger partial charge in [-0.15, -0.1) is 0 Å². The Balaban J connectivity index is 1.87. The highest BCUT2D eigenvalue weighted by Crippen LogP contribution is 2.03. The molecule has 0 aliphatic carbocycles. The summed E-state index contributed by atoms with van der Waals surface area (Å²) in [5, 5.41) is 3.92.